The Hall–Kier alpha value is -3.02. The fraction of sp³-hybridized carbons (Fsp3) is 0.300. The molecule has 2 amide bonds. The first-order valence-corrected chi connectivity index (χ1v) is 8.58. The van der Waals surface area contributed by atoms with Gasteiger partial charge in [-0.1, -0.05) is 13.8 Å². The van der Waals surface area contributed by atoms with E-state index >= 15 is 0 Å². The second kappa shape index (κ2) is 7.47. The van der Waals surface area contributed by atoms with Crippen LogP contribution in [0, 0.1) is 5.92 Å². The van der Waals surface area contributed by atoms with Crippen LogP contribution in [0.1, 0.15) is 31.1 Å². The summed E-state index contributed by atoms with van der Waals surface area (Å²) in [5.41, 5.74) is 1.64. The zero-order chi connectivity index (χ0) is 18.7. The lowest BCUT2D eigenvalue weighted by molar-refractivity contribution is -0.122. The smallest absolute Gasteiger partial charge is 0.265 e. The van der Waals surface area contributed by atoms with Gasteiger partial charge in [-0.25, -0.2) is 0 Å². The molecule has 1 aliphatic rings. The van der Waals surface area contributed by atoms with Crippen LogP contribution in [-0.2, 0) is 4.79 Å². The standard InChI is InChI=1S/C20H22N2O4/c1-12(2)11-25-16-7-4-14(5-8-16)20(24)21-15-6-9-18-17(10-15)22-19(23)13(3)26-18/h4-10,12-13H,11H2,1-3H3,(H,21,24)(H,22,23)/t13-/m1/s1. The van der Waals surface area contributed by atoms with Crippen molar-refractivity contribution in [1.82, 2.24) is 0 Å². The molecular weight excluding hydrogens is 332 g/mol. The first kappa shape index (κ1) is 17.8. The first-order valence-electron chi connectivity index (χ1n) is 8.58. The SMILES string of the molecule is CC(C)COc1ccc(C(=O)Nc2ccc3c(c2)NC(=O)[C@@H](C)O3)cc1. The Balaban J connectivity index is 1.66. The summed E-state index contributed by atoms with van der Waals surface area (Å²) in [6.07, 6.45) is -0.528. The highest BCUT2D eigenvalue weighted by Gasteiger charge is 2.23. The van der Waals surface area contributed by atoms with Crippen LogP contribution < -0.4 is 20.1 Å². The maximum Gasteiger partial charge on any atom is 0.265 e. The Bertz CT molecular complexity index is 815. The van der Waals surface area contributed by atoms with Gasteiger partial charge in [0.15, 0.2) is 6.10 Å². The number of carbonyl (C=O) groups is 2. The average molecular weight is 354 g/mol. The van der Waals surface area contributed by atoms with Gasteiger partial charge in [-0.15, -0.1) is 0 Å². The molecule has 136 valence electrons. The van der Waals surface area contributed by atoms with E-state index in [1.807, 2.05) is 0 Å². The minimum Gasteiger partial charge on any atom is -0.493 e. The van der Waals surface area contributed by atoms with Crippen molar-refractivity contribution in [3.8, 4) is 11.5 Å². The molecule has 0 spiro atoms. The van der Waals surface area contributed by atoms with E-state index in [0.29, 0.717) is 35.2 Å². The van der Waals surface area contributed by atoms with Gasteiger partial charge in [-0.05, 0) is 55.3 Å². The molecule has 0 saturated heterocycles. The fourth-order valence-corrected chi connectivity index (χ4v) is 2.46. The summed E-state index contributed by atoms with van der Waals surface area (Å²) in [6, 6.07) is 12.1. The van der Waals surface area contributed by atoms with Gasteiger partial charge >= 0.3 is 0 Å². The van der Waals surface area contributed by atoms with Gasteiger partial charge < -0.3 is 20.1 Å². The summed E-state index contributed by atoms with van der Waals surface area (Å²) in [5.74, 6) is 1.31. The molecule has 2 aromatic carbocycles. The van der Waals surface area contributed by atoms with Gasteiger partial charge in [0.2, 0.25) is 0 Å². The van der Waals surface area contributed by atoms with Crippen LogP contribution >= 0.6 is 0 Å². The van der Waals surface area contributed by atoms with E-state index < -0.39 is 6.10 Å². The zero-order valence-corrected chi connectivity index (χ0v) is 15.0. The van der Waals surface area contributed by atoms with Gasteiger partial charge in [0.25, 0.3) is 11.8 Å². The summed E-state index contributed by atoms with van der Waals surface area (Å²) in [6.45, 7) is 6.47. The molecule has 0 unspecified atom stereocenters. The van der Waals surface area contributed by atoms with Gasteiger partial charge in [-0.3, -0.25) is 9.59 Å². The molecule has 6 nitrogen and oxygen atoms in total. The van der Waals surface area contributed by atoms with E-state index in [9.17, 15) is 9.59 Å². The van der Waals surface area contributed by atoms with Crippen molar-refractivity contribution >= 4 is 23.2 Å². The molecule has 0 aliphatic carbocycles. The van der Waals surface area contributed by atoms with E-state index in [0.717, 1.165) is 5.75 Å². The Morgan fingerprint density at radius 3 is 2.65 bits per heavy atom. The van der Waals surface area contributed by atoms with Crippen molar-refractivity contribution < 1.29 is 19.1 Å². The van der Waals surface area contributed by atoms with Crippen LogP contribution in [0.2, 0.25) is 0 Å². The first-order chi connectivity index (χ1) is 12.4. The molecule has 1 aliphatic heterocycles. The Morgan fingerprint density at radius 1 is 1.23 bits per heavy atom. The molecule has 26 heavy (non-hydrogen) atoms. The minimum atomic E-state index is -0.528. The van der Waals surface area contributed by atoms with Crippen LogP contribution in [0.3, 0.4) is 0 Å². The van der Waals surface area contributed by atoms with Crippen LogP contribution in [0.5, 0.6) is 11.5 Å². The van der Waals surface area contributed by atoms with E-state index in [2.05, 4.69) is 24.5 Å². The van der Waals surface area contributed by atoms with Gasteiger partial charge in [0, 0.05) is 11.3 Å². The van der Waals surface area contributed by atoms with Crippen molar-refractivity contribution in [3.63, 3.8) is 0 Å². The van der Waals surface area contributed by atoms with Crippen molar-refractivity contribution in [2.45, 2.75) is 26.9 Å². The van der Waals surface area contributed by atoms with Crippen molar-refractivity contribution in [2.75, 3.05) is 17.2 Å². The fourth-order valence-electron chi connectivity index (χ4n) is 2.46. The predicted molar refractivity (Wildman–Crippen MR) is 99.9 cm³/mol. The third-order valence-electron chi connectivity index (χ3n) is 3.87. The van der Waals surface area contributed by atoms with E-state index in [1.54, 1.807) is 49.4 Å². The summed E-state index contributed by atoms with van der Waals surface area (Å²) in [4.78, 5) is 24.1. The second-order valence-corrected chi connectivity index (χ2v) is 6.64. The van der Waals surface area contributed by atoms with Crippen LogP contribution in [0.25, 0.3) is 0 Å². The van der Waals surface area contributed by atoms with E-state index in [-0.39, 0.29) is 11.8 Å². The lowest BCUT2D eigenvalue weighted by atomic mass is 10.1. The van der Waals surface area contributed by atoms with Crippen molar-refractivity contribution in [3.05, 3.63) is 48.0 Å². The number of rotatable bonds is 5. The molecule has 1 atom stereocenters. The number of benzene rings is 2. The topological polar surface area (TPSA) is 76.7 Å². The molecule has 2 aromatic rings. The lowest BCUT2D eigenvalue weighted by Crippen LogP contribution is -2.34. The summed E-state index contributed by atoms with van der Waals surface area (Å²) in [5, 5.41) is 5.58. The summed E-state index contributed by atoms with van der Waals surface area (Å²) >= 11 is 0. The Kier molecular flexibility index (Phi) is 5.11. The third-order valence-corrected chi connectivity index (χ3v) is 3.87. The molecule has 6 heteroatoms. The maximum atomic E-state index is 12.4. The minimum absolute atomic E-state index is 0.210. The average Bonchev–Trinajstić information content (AvgIpc) is 2.61. The highest BCUT2D eigenvalue weighted by molar-refractivity contribution is 6.05. The van der Waals surface area contributed by atoms with Crippen molar-refractivity contribution in [2.24, 2.45) is 5.92 Å². The second-order valence-electron chi connectivity index (χ2n) is 6.64. The van der Waals surface area contributed by atoms with E-state index in [4.69, 9.17) is 9.47 Å². The van der Waals surface area contributed by atoms with E-state index in [1.165, 1.54) is 0 Å². The lowest BCUT2D eigenvalue weighted by Gasteiger charge is -2.23. The number of amides is 2. The molecule has 0 aromatic heterocycles. The number of nitrogens with one attached hydrogen (secondary N) is 2. The maximum absolute atomic E-state index is 12.4. The quantitative estimate of drug-likeness (QED) is 0.858. The number of fused-ring (bicyclic) bond motifs is 1. The Morgan fingerprint density at radius 2 is 1.96 bits per heavy atom. The monoisotopic (exact) mass is 354 g/mol. The zero-order valence-electron chi connectivity index (χ0n) is 15.0. The normalized spacial score (nSPS) is 15.7. The molecule has 0 fully saturated rings. The number of carbonyl (C=O) groups excluding carboxylic acids is 2. The van der Waals surface area contributed by atoms with Crippen LogP contribution in [-0.4, -0.2) is 24.5 Å². The number of ether oxygens (including phenoxy) is 2. The van der Waals surface area contributed by atoms with Gasteiger partial charge in [0.05, 0.1) is 12.3 Å². The molecule has 0 saturated carbocycles. The number of hydrogen-bond donors (Lipinski definition) is 2. The van der Waals surface area contributed by atoms with Gasteiger partial charge in [0.1, 0.15) is 11.5 Å². The van der Waals surface area contributed by atoms with Crippen LogP contribution in [0.15, 0.2) is 42.5 Å². The third kappa shape index (κ3) is 4.14. The largest absolute Gasteiger partial charge is 0.493 e. The van der Waals surface area contributed by atoms with Crippen LogP contribution in [0.4, 0.5) is 11.4 Å². The van der Waals surface area contributed by atoms with Crippen molar-refractivity contribution in [1.29, 1.82) is 0 Å². The highest BCUT2D eigenvalue weighted by atomic mass is 16.5. The Labute approximate surface area is 152 Å². The number of anilines is 2. The summed E-state index contributed by atoms with van der Waals surface area (Å²) < 4.78 is 11.1. The molecule has 0 radical (unpaired) electrons. The molecule has 2 N–H and O–H groups in total. The molecule has 1 heterocycles. The molecular formula is C20H22N2O4. The van der Waals surface area contributed by atoms with Gasteiger partial charge in [-0.2, -0.15) is 0 Å². The summed E-state index contributed by atoms with van der Waals surface area (Å²) in [7, 11) is 0. The number of hydrogen-bond acceptors (Lipinski definition) is 4. The molecule has 0 bridgehead atoms. The predicted octanol–water partition coefficient (Wildman–Crippen LogP) is 3.69. The highest BCUT2D eigenvalue weighted by Crippen LogP contribution is 2.32. The molecule has 3 rings (SSSR count).